The normalized spacial score (nSPS) is 19.0. The average Bonchev–Trinajstić information content (AvgIpc) is 3.31. The van der Waals surface area contributed by atoms with Crippen LogP contribution in [0, 0.1) is 18.3 Å². The van der Waals surface area contributed by atoms with E-state index in [2.05, 4.69) is 21.4 Å². The Morgan fingerprint density at radius 2 is 2.06 bits per heavy atom. The number of carbonyl (C=O) groups is 1. The molecule has 2 atom stereocenters. The Hall–Kier alpha value is -1.98. The predicted octanol–water partition coefficient (Wildman–Crippen LogP) is 3.54. The summed E-state index contributed by atoms with van der Waals surface area (Å²) in [7, 11) is -4.00. The Morgan fingerprint density at radius 1 is 1.33 bits per heavy atom. The molecule has 13 heteroatoms. The first-order valence-corrected chi connectivity index (χ1v) is 13.2. The Balaban J connectivity index is 1.87. The molecule has 3 aromatic rings. The number of nitrogens with one attached hydrogen (secondary N) is 1. The molecule has 0 bridgehead atoms. The highest BCUT2D eigenvalue weighted by atomic mass is 127. The maximum absolute atomic E-state index is 13.4. The first-order chi connectivity index (χ1) is 15.5. The molecule has 0 saturated carbocycles. The second-order valence-corrected chi connectivity index (χ2v) is 11.4. The zero-order valence-electron chi connectivity index (χ0n) is 17.4. The topological polar surface area (TPSA) is 120 Å². The standard InChI is InChI=1S/C20H17Cl2IN6O3S/c1-10-14(8-24)18(13-4-3-12(21)7-15(13)22)28-9-17(27-20(28)25-10)33(31,32)29-6-5-16(19(29)23)26-11(2)30/h3-4,7,9,16,19H,5-6H2,1-2H3,(H,26,30). The highest BCUT2D eigenvalue weighted by Crippen LogP contribution is 2.35. The van der Waals surface area contributed by atoms with E-state index in [0.717, 1.165) is 0 Å². The van der Waals surface area contributed by atoms with Crippen molar-refractivity contribution in [2.45, 2.75) is 35.4 Å². The van der Waals surface area contributed by atoms with Gasteiger partial charge in [-0.2, -0.15) is 14.6 Å². The fourth-order valence-corrected chi connectivity index (χ4v) is 7.45. The van der Waals surface area contributed by atoms with Crippen molar-refractivity contribution in [3.05, 3.63) is 45.7 Å². The van der Waals surface area contributed by atoms with Gasteiger partial charge in [-0.15, -0.1) is 0 Å². The Morgan fingerprint density at radius 3 is 2.70 bits per heavy atom. The smallest absolute Gasteiger partial charge is 0.263 e. The number of halogens is 3. The van der Waals surface area contributed by atoms with Crippen LogP contribution >= 0.6 is 45.8 Å². The molecule has 1 N–H and O–H groups in total. The summed E-state index contributed by atoms with van der Waals surface area (Å²) < 4.78 is 29.2. The van der Waals surface area contributed by atoms with Crippen LogP contribution in [0.25, 0.3) is 17.0 Å². The largest absolute Gasteiger partial charge is 0.351 e. The molecule has 1 saturated heterocycles. The highest BCUT2D eigenvalue weighted by molar-refractivity contribution is 14.1. The van der Waals surface area contributed by atoms with Gasteiger partial charge in [-0.1, -0.05) is 45.8 Å². The van der Waals surface area contributed by atoms with Crippen LogP contribution in [-0.2, 0) is 14.8 Å². The molecule has 1 aliphatic rings. The minimum absolute atomic E-state index is 0.119. The summed E-state index contributed by atoms with van der Waals surface area (Å²) in [5.41, 5.74) is 1.50. The number of aromatic nitrogens is 3. The number of nitrogens with zero attached hydrogens (tertiary/aromatic N) is 5. The third kappa shape index (κ3) is 4.30. The Kier molecular flexibility index (Phi) is 6.58. The number of nitriles is 1. The van der Waals surface area contributed by atoms with E-state index in [9.17, 15) is 18.5 Å². The average molecular weight is 619 g/mol. The number of alkyl halides is 1. The number of hydrogen-bond acceptors (Lipinski definition) is 6. The van der Waals surface area contributed by atoms with Gasteiger partial charge in [0, 0.05) is 24.1 Å². The van der Waals surface area contributed by atoms with Crippen LogP contribution in [0.5, 0.6) is 0 Å². The molecule has 0 spiro atoms. The number of rotatable bonds is 4. The summed E-state index contributed by atoms with van der Waals surface area (Å²) in [6.45, 7) is 3.28. The quantitative estimate of drug-likeness (QED) is 0.271. The fraction of sp³-hybridized carbons (Fsp3) is 0.300. The van der Waals surface area contributed by atoms with Crippen molar-refractivity contribution in [1.82, 2.24) is 24.0 Å². The lowest BCUT2D eigenvalue weighted by atomic mass is 10.1. The Labute approximate surface area is 213 Å². The van der Waals surface area contributed by atoms with Gasteiger partial charge in [0.2, 0.25) is 11.7 Å². The zero-order chi connectivity index (χ0) is 24.1. The van der Waals surface area contributed by atoms with Crippen LogP contribution in [0.3, 0.4) is 0 Å². The number of aryl methyl sites for hydroxylation is 1. The van der Waals surface area contributed by atoms with Crippen molar-refractivity contribution < 1.29 is 13.2 Å². The minimum Gasteiger partial charge on any atom is -0.351 e. The molecule has 1 fully saturated rings. The van der Waals surface area contributed by atoms with Crippen molar-refractivity contribution in [2.75, 3.05) is 6.54 Å². The third-order valence-corrected chi connectivity index (χ3v) is 9.52. The first-order valence-electron chi connectivity index (χ1n) is 9.73. The summed E-state index contributed by atoms with van der Waals surface area (Å²) >= 11 is 14.4. The molecule has 2 aromatic heterocycles. The first kappa shape index (κ1) is 24.2. The van der Waals surface area contributed by atoms with Gasteiger partial charge in [0.25, 0.3) is 10.0 Å². The van der Waals surface area contributed by atoms with E-state index in [4.69, 9.17) is 23.2 Å². The summed E-state index contributed by atoms with van der Waals surface area (Å²) in [6.07, 6.45) is 1.83. The van der Waals surface area contributed by atoms with Crippen molar-refractivity contribution in [3.63, 3.8) is 0 Å². The Bertz CT molecular complexity index is 1440. The van der Waals surface area contributed by atoms with Gasteiger partial charge in [-0.3, -0.25) is 9.20 Å². The number of imidazole rings is 1. The molecule has 2 unspecified atom stereocenters. The molecular formula is C20H17Cl2IN6O3S. The minimum atomic E-state index is -4.00. The van der Waals surface area contributed by atoms with Gasteiger partial charge in [-0.05, 0) is 31.5 Å². The van der Waals surface area contributed by atoms with Crippen molar-refractivity contribution in [2.24, 2.45) is 0 Å². The second kappa shape index (κ2) is 8.99. The molecule has 33 heavy (non-hydrogen) atoms. The maximum atomic E-state index is 13.4. The lowest BCUT2D eigenvalue weighted by Crippen LogP contribution is -2.42. The van der Waals surface area contributed by atoms with E-state index in [1.54, 1.807) is 25.1 Å². The SMILES string of the molecule is CC(=O)NC1CCN(S(=O)(=O)c2cn3c(-c4ccc(Cl)cc4Cl)c(C#N)c(C)nc3n2)C1I. The monoisotopic (exact) mass is 618 g/mol. The lowest BCUT2D eigenvalue weighted by Gasteiger charge is -2.21. The van der Waals surface area contributed by atoms with Crippen LogP contribution in [0.1, 0.15) is 24.6 Å². The number of benzene rings is 1. The van der Waals surface area contributed by atoms with Gasteiger partial charge >= 0.3 is 0 Å². The predicted molar refractivity (Wildman–Crippen MR) is 132 cm³/mol. The van der Waals surface area contributed by atoms with E-state index in [-0.39, 0.29) is 34.9 Å². The number of amides is 1. The van der Waals surface area contributed by atoms with Crippen LogP contribution in [0.4, 0.5) is 0 Å². The van der Waals surface area contributed by atoms with E-state index in [0.29, 0.717) is 33.4 Å². The fourth-order valence-electron chi connectivity index (χ4n) is 3.80. The second-order valence-electron chi connectivity index (χ2n) is 7.49. The molecule has 0 radical (unpaired) electrons. The van der Waals surface area contributed by atoms with E-state index in [1.807, 2.05) is 22.6 Å². The lowest BCUT2D eigenvalue weighted by molar-refractivity contribution is -0.119. The number of hydrogen-bond donors (Lipinski definition) is 1. The van der Waals surface area contributed by atoms with Crippen LogP contribution in [0.15, 0.2) is 29.4 Å². The van der Waals surface area contributed by atoms with E-state index in [1.165, 1.54) is 21.8 Å². The summed E-state index contributed by atoms with van der Waals surface area (Å²) in [5.74, 6) is -0.101. The number of carbonyl (C=O) groups excluding carboxylic acids is 1. The van der Waals surface area contributed by atoms with Crippen molar-refractivity contribution in [1.29, 1.82) is 5.26 Å². The molecule has 9 nitrogen and oxygen atoms in total. The van der Waals surface area contributed by atoms with E-state index < -0.39 is 14.1 Å². The van der Waals surface area contributed by atoms with Crippen LogP contribution in [0.2, 0.25) is 10.0 Å². The highest BCUT2D eigenvalue weighted by Gasteiger charge is 2.41. The molecular weight excluding hydrogens is 602 g/mol. The van der Waals surface area contributed by atoms with Crippen LogP contribution < -0.4 is 5.32 Å². The van der Waals surface area contributed by atoms with Gasteiger partial charge in [0.05, 0.1) is 38.3 Å². The van der Waals surface area contributed by atoms with Gasteiger partial charge < -0.3 is 5.32 Å². The van der Waals surface area contributed by atoms with Crippen molar-refractivity contribution in [3.8, 4) is 17.3 Å². The molecule has 1 aromatic carbocycles. The van der Waals surface area contributed by atoms with Gasteiger partial charge in [-0.25, -0.2) is 13.4 Å². The molecule has 1 aliphatic heterocycles. The number of fused-ring (bicyclic) bond motifs is 1. The summed E-state index contributed by atoms with van der Waals surface area (Å²) in [5, 5.41) is 13.1. The van der Waals surface area contributed by atoms with Gasteiger partial charge in [0.1, 0.15) is 6.07 Å². The summed E-state index contributed by atoms with van der Waals surface area (Å²) in [4.78, 5) is 20.1. The van der Waals surface area contributed by atoms with E-state index >= 15 is 0 Å². The van der Waals surface area contributed by atoms with Gasteiger partial charge in [0.15, 0.2) is 5.03 Å². The molecule has 3 heterocycles. The maximum Gasteiger partial charge on any atom is 0.263 e. The third-order valence-electron chi connectivity index (χ3n) is 5.30. The van der Waals surface area contributed by atoms with Crippen molar-refractivity contribution >= 4 is 67.5 Å². The van der Waals surface area contributed by atoms with Crippen LogP contribution in [-0.4, -0.2) is 49.6 Å². The molecule has 0 aliphatic carbocycles. The molecule has 4 rings (SSSR count). The summed E-state index contributed by atoms with van der Waals surface area (Å²) in [6, 6.07) is 6.66. The zero-order valence-corrected chi connectivity index (χ0v) is 21.9. The molecule has 172 valence electrons. The molecule has 1 amide bonds. The number of sulfonamides is 1.